The van der Waals surface area contributed by atoms with E-state index >= 15 is 0 Å². The summed E-state index contributed by atoms with van der Waals surface area (Å²) in [5.41, 5.74) is 1.50. The summed E-state index contributed by atoms with van der Waals surface area (Å²) in [6, 6.07) is 12.0. The number of ether oxygens (including phenoxy) is 1. The van der Waals surface area contributed by atoms with E-state index in [4.69, 9.17) is 16.3 Å². The van der Waals surface area contributed by atoms with E-state index in [0.29, 0.717) is 11.3 Å². The number of amides is 2. The van der Waals surface area contributed by atoms with Crippen LogP contribution in [-0.4, -0.2) is 43.3 Å². The first-order valence-electron chi connectivity index (χ1n) is 11.5. The largest absolute Gasteiger partial charge is 0.465 e. The number of anilines is 2. The van der Waals surface area contributed by atoms with Crippen molar-refractivity contribution in [2.45, 2.75) is 13.8 Å². The predicted octanol–water partition coefficient (Wildman–Crippen LogP) is 4.31. The zero-order valence-corrected chi connectivity index (χ0v) is 21.2. The van der Waals surface area contributed by atoms with Gasteiger partial charge in [-0.15, -0.1) is 0 Å². The molecule has 3 rings (SSSR count). The minimum atomic E-state index is -0.788. The first-order chi connectivity index (χ1) is 18.1. The average Bonchev–Trinajstić information content (AvgIpc) is 2.88. The van der Waals surface area contributed by atoms with E-state index in [1.165, 1.54) is 36.4 Å². The van der Waals surface area contributed by atoms with Gasteiger partial charge >= 0.3 is 5.97 Å². The highest BCUT2D eigenvalue weighted by molar-refractivity contribution is 6.35. The molecule has 0 fully saturated rings. The van der Waals surface area contributed by atoms with Gasteiger partial charge in [0, 0.05) is 28.4 Å². The summed E-state index contributed by atoms with van der Waals surface area (Å²) >= 11 is 6.35. The number of aryl methyl sites for hydroxylation is 1. The molecule has 0 saturated heterocycles. The molecule has 0 aromatic heterocycles. The van der Waals surface area contributed by atoms with E-state index in [1.807, 2.05) is 0 Å². The van der Waals surface area contributed by atoms with Gasteiger partial charge in [0.25, 0.3) is 5.91 Å². The Balaban J connectivity index is 1.70. The first kappa shape index (κ1) is 28.3. The van der Waals surface area contributed by atoms with Crippen molar-refractivity contribution in [2.24, 2.45) is 0 Å². The number of carbonyl (C=O) groups excluding carboxylic acids is 4. The van der Waals surface area contributed by atoms with Gasteiger partial charge in [0.1, 0.15) is 18.2 Å². The Morgan fingerprint density at radius 3 is 2.34 bits per heavy atom. The van der Waals surface area contributed by atoms with Gasteiger partial charge in [-0.05, 0) is 61.9 Å². The second-order valence-corrected chi connectivity index (χ2v) is 8.47. The summed E-state index contributed by atoms with van der Waals surface area (Å²) in [5, 5.41) is 7.61. The van der Waals surface area contributed by atoms with E-state index in [0.717, 1.165) is 12.1 Å². The molecule has 0 spiro atoms. The van der Waals surface area contributed by atoms with Gasteiger partial charge in [-0.3, -0.25) is 19.2 Å². The summed E-state index contributed by atoms with van der Waals surface area (Å²) in [6.45, 7) is 2.81. The molecule has 3 aromatic rings. The number of carbonyl (C=O) groups is 4. The highest BCUT2D eigenvalue weighted by Crippen LogP contribution is 2.28. The molecule has 198 valence electrons. The van der Waals surface area contributed by atoms with Crippen molar-refractivity contribution in [3.63, 3.8) is 0 Å². The standard InChI is InChI=1S/C27H24ClF2N3O5/c1-3-38-25(35)14-31-24(34)13-32-27(37)16-5-4-15(2)20(10-16)26(36)19-8-7-18(12-21(19)28)33-23-9-6-17(29)11-22(23)30/h4-12,33H,3,13-14H2,1-2H3,(H,31,34)(H,32,37). The average molecular weight is 544 g/mol. The van der Waals surface area contributed by atoms with Crippen molar-refractivity contribution in [2.75, 3.05) is 25.0 Å². The monoisotopic (exact) mass is 543 g/mol. The maximum atomic E-state index is 13.9. The van der Waals surface area contributed by atoms with Crippen molar-refractivity contribution in [1.82, 2.24) is 10.6 Å². The molecule has 38 heavy (non-hydrogen) atoms. The molecule has 0 atom stereocenters. The van der Waals surface area contributed by atoms with Crippen LogP contribution in [0.25, 0.3) is 0 Å². The fraction of sp³-hybridized carbons (Fsp3) is 0.185. The molecule has 0 aliphatic carbocycles. The lowest BCUT2D eigenvalue weighted by Crippen LogP contribution is -2.39. The Labute approximate surface area is 222 Å². The molecule has 3 N–H and O–H groups in total. The number of esters is 1. The molecule has 11 heteroatoms. The van der Waals surface area contributed by atoms with Gasteiger partial charge in [-0.25, -0.2) is 8.78 Å². The fourth-order valence-electron chi connectivity index (χ4n) is 3.38. The zero-order valence-electron chi connectivity index (χ0n) is 20.5. The molecule has 0 unspecified atom stereocenters. The van der Waals surface area contributed by atoms with Crippen LogP contribution in [0.15, 0.2) is 54.6 Å². The third kappa shape index (κ3) is 7.36. The van der Waals surface area contributed by atoms with Crippen LogP contribution in [0.5, 0.6) is 0 Å². The van der Waals surface area contributed by atoms with Crippen LogP contribution in [0, 0.1) is 18.6 Å². The van der Waals surface area contributed by atoms with Gasteiger partial charge in [0.15, 0.2) is 5.78 Å². The van der Waals surface area contributed by atoms with Crippen molar-refractivity contribution in [3.8, 4) is 0 Å². The molecule has 0 aliphatic heterocycles. The van der Waals surface area contributed by atoms with Crippen molar-refractivity contribution in [1.29, 1.82) is 0 Å². The van der Waals surface area contributed by atoms with E-state index in [-0.39, 0.29) is 47.1 Å². The highest BCUT2D eigenvalue weighted by Gasteiger charge is 2.19. The van der Waals surface area contributed by atoms with Crippen molar-refractivity contribution >= 4 is 46.5 Å². The van der Waals surface area contributed by atoms with E-state index in [9.17, 15) is 28.0 Å². The maximum absolute atomic E-state index is 13.9. The van der Waals surface area contributed by atoms with Crippen LogP contribution in [-0.2, 0) is 14.3 Å². The molecule has 0 heterocycles. The van der Waals surface area contributed by atoms with Gasteiger partial charge < -0.3 is 20.7 Å². The first-order valence-corrected chi connectivity index (χ1v) is 11.8. The normalized spacial score (nSPS) is 10.4. The predicted molar refractivity (Wildman–Crippen MR) is 138 cm³/mol. The number of benzene rings is 3. The fourth-order valence-corrected chi connectivity index (χ4v) is 3.65. The molecular weight excluding hydrogens is 520 g/mol. The second kappa shape index (κ2) is 12.8. The third-order valence-electron chi connectivity index (χ3n) is 5.31. The van der Waals surface area contributed by atoms with E-state index in [1.54, 1.807) is 19.9 Å². The number of nitrogens with one attached hydrogen (secondary N) is 3. The van der Waals surface area contributed by atoms with Crippen LogP contribution in [0.2, 0.25) is 5.02 Å². The Hall–Kier alpha value is -4.31. The summed E-state index contributed by atoms with van der Waals surface area (Å²) in [4.78, 5) is 49.0. The molecular formula is C27H24ClF2N3O5. The minimum Gasteiger partial charge on any atom is -0.465 e. The Morgan fingerprint density at radius 1 is 0.895 bits per heavy atom. The van der Waals surface area contributed by atoms with Crippen LogP contribution < -0.4 is 16.0 Å². The molecule has 0 radical (unpaired) electrons. The minimum absolute atomic E-state index is 0.0330. The van der Waals surface area contributed by atoms with E-state index < -0.39 is 35.2 Å². The van der Waals surface area contributed by atoms with Crippen LogP contribution in [0.4, 0.5) is 20.2 Å². The summed E-state index contributed by atoms with van der Waals surface area (Å²) < 4.78 is 31.8. The smallest absolute Gasteiger partial charge is 0.325 e. The molecule has 2 amide bonds. The SMILES string of the molecule is CCOC(=O)CNC(=O)CNC(=O)c1ccc(C)c(C(=O)c2ccc(Nc3ccc(F)cc3F)cc2Cl)c1. The zero-order chi connectivity index (χ0) is 27.8. The number of hydrogen-bond acceptors (Lipinski definition) is 6. The Morgan fingerprint density at radius 2 is 1.66 bits per heavy atom. The third-order valence-corrected chi connectivity index (χ3v) is 5.63. The van der Waals surface area contributed by atoms with Crippen LogP contribution in [0.1, 0.15) is 38.8 Å². The quantitative estimate of drug-likeness (QED) is 0.259. The van der Waals surface area contributed by atoms with Crippen molar-refractivity contribution in [3.05, 3.63) is 93.5 Å². The number of rotatable bonds is 10. The highest BCUT2D eigenvalue weighted by atomic mass is 35.5. The van der Waals surface area contributed by atoms with Gasteiger partial charge in [-0.1, -0.05) is 17.7 Å². The summed E-state index contributed by atoms with van der Waals surface area (Å²) in [7, 11) is 0. The second-order valence-electron chi connectivity index (χ2n) is 8.07. The lowest BCUT2D eigenvalue weighted by atomic mass is 9.96. The van der Waals surface area contributed by atoms with Crippen LogP contribution in [0.3, 0.4) is 0 Å². The summed E-state index contributed by atoms with van der Waals surface area (Å²) in [5.74, 6) is -3.74. The van der Waals surface area contributed by atoms with Crippen LogP contribution >= 0.6 is 11.6 Å². The lowest BCUT2D eigenvalue weighted by molar-refractivity contribution is -0.143. The number of halogens is 3. The topological polar surface area (TPSA) is 114 Å². The lowest BCUT2D eigenvalue weighted by Gasteiger charge is -2.12. The number of hydrogen-bond donors (Lipinski definition) is 3. The molecule has 8 nitrogen and oxygen atoms in total. The van der Waals surface area contributed by atoms with Crippen molar-refractivity contribution < 1.29 is 32.7 Å². The molecule has 0 saturated carbocycles. The molecule has 0 bridgehead atoms. The van der Waals surface area contributed by atoms with Gasteiger partial charge in [-0.2, -0.15) is 0 Å². The Bertz CT molecular complexity index is 1400. The van der Waals surface area contributed by atoms with Gasteiger partial charge in [0.05, 0.1) is 23.9 Å². The summed E-state index contributed by atoms with van der Waals surface area (Å²) in [6.07, 6.45) is 0. The molecule has 0 aliphatic rings. The Kier molecular flexibility index (Phi) is 9.50. The molecule has 3 aromatic carbocycles. The van der Waals surface area contributed by atoms with Gasteiger partial charge in [0.2, 0.25) is 5.91 Å². The maximum Gasteiger partial charge on any atom is 0.325 e. The number of ketones is 1. The van der Waals surface area contributed by atoms with E-state index in [2.05, 4.69) is 16.0 Å².